The molecule has 21 heavy (non-hydrogen) atoms. The standard InChI is InChI=1S/C15H29N3O3/c1-12-4-6-18(13(12)10-19)14(20)16-5-7-17-8-9-21-11-15(17,2)3/h12-13,19H,4-11H2,1-3H3,(H,16,20). The maximum absolute atomic E-state index is 12.2. The lowest BCUT2D eigenvalue weighted by Gasteiger charge is -2.42. The van der Waals surface area contributed by atoms with Gasteiger partial charge in [0.2, 0.25) is 0 Å². The molecule has 2 saturated heterocycles. The SMILES string of the molecule is CC1CCN(C(=O)NCCN2CCOCC2(C)C)C1CO. The van der Waals surface area contributed by atoms with Crippen LogP contribution in [0, 0.1) is 5.92 Å². The van der Waals surface area contributed by atoms with Crippen LogP contribution in [0.2, 0.25) is 0 Å². The van der Waals surface area contributed by atoms with Crippen LogP contribution in [-0.4, -0.2) is 78.5 Å². The molecule has 2 aliphatic rings. The van der Waals surface area contributed by atoms with E-state index >= 15 is 0 Å². The minimum Gasteiger partial charge on any atom is -0.394 e. The zero-order chi connectivity index (χ0) is 15.5. The van der Waals surface area contributed by atoms with E-state index in [1.165, 1.54) is 0 Å². The lowest BCUT2D eigenvalue weighted by atomic mass is 10.0. The van der Waals surface area contributed by atoms with Gasteiger partial charge in [-0.3, -0.25) is 4.90 Å². The molecule has 0 radical (unpaired) electrons. The number of likely N-dealkylation sites (tertiary alicyclic amines) is 1. The maximum atomic E-state index is 12.2. The van der Waals surface area contributed by atoms with Crippen molar-refractivity contribution in [3.63, 3.8) is 0 Å². The summed E-state index contributed by atoms with van der Waals surface area (Å²) in [6.45, 7) is 11.1. The largest absolute Gasteiger partial charge is 0.394 e. The van der Waals surface area contributed by atoms with Crippen LogP contribution >= 0.6 is 0 Å². The molecule has 0 bridgehead atoms. The summed E-state index contributed by atoms with van der Waals surface area (Å²) in [6.07, 6.45) is 0.967. The van der Waals surface area contributed by atoms with Crippen molar-refractivity contribution in [1.82, 2.24) is 15.1 Å². The monoisotopic (exact) mass is 299 g/mol. The number of urea groups is 1. The minimum absolute atomic E-state index is 0.0266. The second-order valence-electron chi connectivity index (χ2n) is 6.79. The number of nitrogens with one attached hydrogen (secondary N) is 1. The van der Waals surface area contributed by atoms with Crippen molar-refractivity contribution in [2.45, 2.75) is 38.8 Å². The molecular formula is C15H29N3O3. The average molecular weight is 299 g/mol. The molecule has 2 atom stereocenters. The van der Waals surface area contributed by atoms with Gasteiger partial charge in [0.25, 0.3) is 0 Å². The van der Waals surface area contributed by atoms with Gasteiger partial charge in [0.1, 0.15) is 0 Å². The van der Waals surface area contributed by atoms with Crippen molar-refractivity contribution in [3.05, 3.63) is 0 Å². The molecule has 0 aliphatic carbocycles. The third-order valence-corrected chi connectivity index (χ3v) is 4.81. The van der Waals surface area contributed by atoms with E-state index in [-0.39, 0.29) is 24.2 Å². The van der Waals surface area contributed by atoms with E-state index in [0.717, 1.165) is 39.3 Å². The summed E-state index contributed by atoms with van der Waals surface area (Å²) < 4.78 is 5.50. The first-order valence-corrected chi connectivity index (χ1v) is 7.94. The quantitative estimate of drug-likeness (QED) is 0.794. The van der Waals surface area contributed by atoms with Crippen LogP contribution in [0.1, 0.15) is 27.2 Å². The fourth-order valence-corrected chi connectivity index (χ4v) is 3.24. The van der Waals surface area contributed by atoms with Crippen molar-refractivity contribution in [1.29, 1.82) is 0 Å². The van der Waals surface area contributed by atoms with Gasteiger partial charge in [0.15, 0.2) is 0 Å². The summed E-state index contributed by atoms with van der Waals surface area (Å²) in [5, 5.41) is 12.4. The number of ether oxygens (including phenoxy) is 1. The van der Waals surface area contributed by atoms with E-state index in [0.29, 0.717) is 12.5 Å². The van der Waals surface area contributed by atoms with Crippen LogP contribution in [0.3, 0.4) is 0 Å². The molecule has 2 heterocycles. The first-order chi connectivity index (χ1) is 9.95. The van der Waals surface area contributed by atoms with Gasteiger partial charge in [-0.15, -0.1) is 0 Å². The summed E-state index contributed by atoms with van der Waals surface area (Å²) in [7, 11) is 0. The molecule has 2 N–H and O–H groups in total. The molecular weight excluding hydrogens is 270 g/mol. The van der Waals surface area contributed by atoms with Gasteiger partial charge >= 0.3 is 6.03 Å². The maximum Gasteiger partial charge on any atom is 0.317 e. The van der Waals surface area contributed by atoms with Crippen LogP contribution in [-0.2, 0) is 4.74 Å². The summed E-state index contributed by atoms with van der Waals surface area (Å²) in [5.41, 5.74) is 0.0266. The van der Waals surface area contributed by atoms with E-state index < -0.39 is 0 Å². The highest BCUT2D eigenvalue weighted by Gasteiger charge is 2.34. The smallest absolute Gasteiger partial charge is 0.317 e. The fourth-order valence-electron chi connectivity index (χ4n) is 3.24. The number of amides is 2. The number of aliphatic hydroxyl groups is 1. The first-order valence-electron chi connectivity index (χ1n) is 7.94. The molecule has 2 amide bonds. The van der Waals surface area contributed by atoms with Crippen LogP contribution in [0.5, 0.6) is 0 Å². The Morgan fingerprint density at radius 2 is 2.19 bits per heavy atom. The van der Waals surface area contributed by atoms with Crippen molar-refractivity contribution in [2.24, 2.45) is 5.92 Å². The molecule has 2 unspecified atom stereocenters. The van der Waals surface area contributed by atoms with E-state index in [1.54, 1.807) is 4.90 Å². The van der Waals surface area contributed by atoms with Crippen molar-refractivity contribution < 1.29 is 14.6 Å². The molecule has 0 aromatic carbocycles. The van der Waals surface area contributed by atoms with Crippen molar-refractivity contribution in [3.8, 4) is 0 Å². The first kappa shape index (κ1) is 16.5. The highest BCUT2D eigenvalue weighted by Crippen LogP contribution is 2.23. The number of rotatable bonds is 4. The number of nitrogens with zero attached hydrogens (tertiary/aromatic N) is 2. The van der Waals surface area contributed by atoms with E-state index in [2.05, 4.69) is 31.0 Å². The molecule has 2 fully saturated rings. The molecule has 0 saturated carbocycles. The Balaban J connectivity index is 1.77. The highest BCUT2D eigenvalue weighted by atomic mass is 16.5. The number of morpholine rings is 1. The molecule has 0 aromatic rings. The highest BCUT2D eigenvalue weighted by molar-refractivity contribution is 5.74. The fraction of sp³-hybridized carbons (Fsp3) is 0.933. The van der Waals surface area contributed by atoms with E-state index in [4.69, 9.17) is 4.74 Å². The molecule has 122 valence electrons. The lowest BCUT2D eigenvalue weighted by molar-refractivity contribution is -0.0498. The van der Waals surface area contributed by atoms with Gasteiger partial charge in [-0.05, 0) is 26.2 Å². The van der Waals surface area contributed by atoms with E-state index in [1.807, 2.05) is 0 Å². The zero-order valence-electron chi connectivity index (χ0n) is 13.5. The number of hydrogen-bond acceptors (Lipinski definition) is 4. The number of hydrogen-bond donors (Lipinski definition) is 2. The van der Waals surface area contributed by atoms with Crippen molar-refractivity contribution in [2.75, 3.05) is 46.0 Å². The van der Waals surface area contributed by atoms with Crippen LogP contribution in [0.4, 0.5) is 4.79 Å². The van der Waals surface area contributed by atoms with Crippen LogP contribution in [0.25, 0.3) is 0 Å². The third-order valence-electron chi connectivity index (χ3n) is 4.81. The van der Waals surface area contributed by atoms with Crippen LogP contribution < -0.4 is 5.32 Å². The molecule has 0 spiro atoms. The number of carbonyl (C=O) groups is 1. The van der Waals surface area contributed by atoms with Gasteiger partial charge in [-0.1, -0.05) is 6.92 Å². The molecule has 6 nitrogen and oxygen atoms in total. The Bertz CT molecular complexity index is 362. The topological polar surface area (TPSA) is 65.0 Å². The van der Waals surface area contributed by atoms with Crippen LogP contribution in [0.15, 0.2) is 0 Å². The summed E-state index contributed by atoms with van der Waals surface area (Å²) in [5.74, 6) is 0.374. The Morgan fingerprint density at radius 3 is 2.86 bits per heavy atom. The Hall–Kier alpha value is -0.850. The second-order valence-corrected chi connectivity index (χ2v) is 6.79. The molecule has 2 rings (SSSR count). The van der Waals surface area contributed by atoms with Gasteiger partial charge in [-0.2, -0.15) is 0 Å². The summed E-state index contributed by atoms with van der Waals surface area (Å²) in [4.78, 5) is 16.4. The number of carbonyl (C=O) groups excluding carboxylic acids is 1. The number of aliphatic hydroxyl groups excluding tert-OH is 1. The Kier molecular flexibility index (Phi) is 5.46. The summed E-state index contributed by atoms with van der Waals surface area (Å²) >= 11 is 0. The summed E-state index contributed by atoms with van der Waals surface area (Å²) in [6, 6.07) is -0.0886. The third kappa shape index (κ3) is 3.87. The predicted octanol–water partition coefficient (Wildman–Crippen LogP) is 0.510. The van der Waals surface area contributed by atoms with E-state index in [9.17, 15) is 9.90 Å². The Morgan fingerprint density at radius 1 is 1.43 bits per heavy atom. The Labute approximate surface area is 127 Å². The molecule has 0 aromatic heterocycles. The lowest BCUT2D eigenvalue weighted by Crippen LogP contribution is -2.55. The predicted molar refractivity (Wildman–Crippen MR) is 81.2 cm³/mol. The normalized spacial score (nSPS) is 29.6. The van der Waals surface area contributed by atoms with Gasteiger partial charge in [0.05, 0.1) is 25.9 Å². The molecule has 6 heteroatoms. The van der Waals surface area contributed by atoms with Gasteiger partial charge in [-0.25, -0.2) is 4.79 Å². The molecule has 2 aliphatic heterocycles. The minimum atomic E-state index is -0.0514. The van der Waals surface area contributed by atoms with Gasteiger partial charge < -0.3 is 20.1 Å². The van der Waals surface area contributed by atoms with Crippen molar-refractivity contribution >= 4 is 6.03 Å². The average Bonchev–Trinajstić information content (AvgIpc) is 2.81. The zero-order valence-corrected chi connectivity index (χ0v) is 13.5. The second kappa shape index (κ2) is 6.94. The van der Waals surface area contributed by atoms with Gasteiger partial charge in [0, 0.05) is 31.7 Å².